The minimum atomic E-state index is -3.04. The van der Waals surface area contributed by atoms with Crippen molar-refractivity contribution in [3.63, 3.8) is 0 Å². The fraction of sp³-hybridized carbons (Fsp3) is 0. The standard InChI is InChI=1S/C102H70BN9Si2/c1-9-35-72(36-10-1)97-104-99(74-39-33-53-84(67-74)113(78-41-13-3-14-42-78,79-43-15-4-16-44-79)80-45-17-5-18-46-80)108-101(106-97)111-92-61-31-27-57-88(92)103-89-58-28-32-62-93(89)112(95-70-76(69-94(111)96(95)103)71-63-65-77(66-64-71)110-90-59-29-25-55-86(90)87-56-26-30-60-91(87)110)102-107-98(73-37-11-2-12-38-73)105-100(109-102)75-40-34-54-85(68-75)114(81-47-19-6-20-48-81,82-49-21-7-22-50-82)83-51-23-8-24-52-83/h1-70H. The summed E-state index contributed by atoms with van der Waals surface area (Å²) >= 11 is 0. The Bertz CT molecular complexity index is 6230. The second-order valence-corrected chi connectivity index (χ2v) is 36.8. The molecule has 16 aromatic carbocycles. The van der Waals surface area contributed by atoms with Crippen molar-refractivity contribution in [2.24, 2.45) is 0 Å². The normalized spacial score (nSPS) is 12.3. The van der Waals surface area contributed by atoms with Crippen molar-refractivity contribution in [3.05, 3.63) is 425 Å². The van der Waals surface area contributed by atoms with E-state index in [1.807, 2.05) is 12.1 Å². The summed E-state index contributed by atoms with van der Waals surface area (Å²) in [4.78, 5) is 38.9. The van der Waals surface area contributed by atoms with Crippen LogP contribution < -0.4 is 67.7 Å². The minimum Gasteiger partial charge on any atom is -0.309 e. The molecule has 0 saturated heterocycles. The summed E-state index contributed by atoms with van der Waals surface area (Å²) in [7, 11) is -6.07. The van der Waals surface area contributed by atoms with Crippen LogP contribution in [0.25, 0.3) is 84.2 Å². The van der Waals surface area contributed by atoms with Crippen LogP contribution in [-0.2, 0) is 0 Å². The zero-order valence-corrected chi connectivity index (χ0v) is 64.0. The van der Waals surface area contributed by atoms with Crippen LogP contribution in [0.15, 0.2) is 425 Å². The topological polar surface area (TPSA) is 88.8 Å². The Balaban J connectivity index is 0.811. The number of rotatable bonds is 16. The lowest BCUT2D eigenvalue weighted by Crippen LogP contribution is -2.74. The van der Waals surface area contributed by atoms with Crippen LogP contribution in [0.1, 0.15) is 0 Å². The molecule has 3 aromatic heterocycles. The van der Waals surface area contributed by atoms with E-state index in [0.29, 0.717) is 35.2 Å². The molecule has 0 fully saturated rings. The van der Waals surface area contributed by atoms with Crippen molar-refractivity contribution >= 4 is 137 Å². The quantitative estimate of drug-likeness (QED) is 0.0698. The van der Waals surface area contributed by atoms with Crippen molar-refractivity contribution in [3.8, 4) is 62.4 Å². The van der Waals surface area contributed by atoms with Crippen LogP contribution in [-0.4, -0.2) is 57.3 Å². The third-order valence-corrected chi connectivity index (χ3v) is 32.5. The second kappa shape index (κ2) is 28.4. The molecule has 114 heavy (non-hydrogen) atoms. The van der Waals surface area contributed by atoms with Gasteiger partial charge in [-0.05, 0) is 118 Å². The van der Waals surface area contributed by atoms with Gasteiger partial charge in [-0.2, -0.15) is 19.9 Å². The lowest BCUT2D eigenvalue weighted by Gasteiger charge is -2.43. The molecule has 2 aliphatic rings. The van der Waals surface area contributed by atoms with E-state index in [1.54, 1.807) is 0 Å². The molecule has 0 spiro atoms. The molecule has 5 heterocycles. The van der Waals surface area contributed by atoms with Gasteiger partial charge in [0.15, 0.2) is 39.4 Å². The minimum absolute atomic E-state index is 0.279. The number of aromatic nitrogens is 7. The molecule has 0 saturated carbocycles. The molecule has 12 heteroatoms. The molecule has 0 radical (unpaired) electrons. The molecule has 0 bridgehead atoms. The highest BCUT2D eigenvalue weighted by Crippen LogP contribution is 2.46. The predicted molar refractivity (Wildman–Crippen MR) is 476 cm³/mol. The molecule has 0 amide bonds. The molecule has 9 nitrogen and oxygen atoms in total. The van der Waals surface area contributed by atoms with E-state index in [-0.39, 0.29) is 6.71 Å². The summed E-state index contributed by atoms with van der Waals surface area (Å²) in [5, 5.41) is 12.5. The zero-order chi connectivity index (χ0) is 75.5. The Labute approximate surface area is 664 Å². The Kier molecular flexibility index (Phi) is 16.8. The summed E-state index contributed by atoms with van der Waals surface area (Å²) < 4.78 is 2.38. The smallest absolute Gasteiger partial charge is 0.252 e. The molecule has 0 aliphatic carbocycles. The first-order valence-corrected chi connectivity index (χ1v) is 42.8. The summed E-state index contributed by atoms with van der Waals surface area (Å²) in [6, 6.07) is 154. The average Bonchev–Trinajstić information content (AvgIpc) is 0.717. The van der Waals surface area contributed by atoms with Gasteiger partial charge in [0.1, 0.15) is 0 Å². The second-order valence-electron chi connectivity index (χ2n) is 29.2. The lowest BCUT2D eigenvalue weighted by atomic mass is 9.33. The Morgan fingerprint density at radius 1 is 0.211 bits per heavy atom. The Morgan fingerprint density at radius 2 is 0.509 bits per heavy atom. The largest absolute Gasteiger partial charge is 0.309 e. The predicted octanol–water partition coefficient (Wildman–Crippen LogP) is 16.3. The van der Waals surface area contributed by atoms with Gasteiger partial charge in [0.25, 0.3) is 6.71 Å². The van der Waals surface area contributed by atoms with Gasteiger partial charge in [-0.15, -0.1) is 0 Å². The maximum atomic E-state index is 5.85. The molecule has 19 aromatic rings. The Hall–Kier alpha value is -14.6. The summed E-state index contributed by atoms with van der Waals surface area (Å²) in [5.41, 5.74) is 15.7. The van der Waals surface area contributed by atoms with E-state index >= 15 is 0 Å². The van der Waals surface area contributed by atoms with E-state index in [4.69, 9.17) is 29.9 Å². The molecule has 0 unspecified atom stereocenters. The molecule has 0 N–H and O–H groups in total. The van der Waals surface area contributed by atoms with Gasteiger partial charge in [0.05, 0.1) is 11.0 Å². The van der Waals surface area contributed by atoms with Crippen LogP contribution >= 0.6 is 0 Å². The van der Waals surface area contributed by atoms with Crippen LogP contribution in [0.3, 0.4) is 0 Å². The van der Waals surface area contributed by atoms with Crippen LogP contribution in [0.2, 0.25) is 0 Å². The van der Waals surface area contributed by atoms with Crippen LogP contribution in [0, 0.1) is 0 Å². The molecule has 21 rings (SSSR count). The first kappa shape index (κ1) is 67.5. The molecular weight excluding hydrogens is 1420 g/mol. The van der Waals surface area contributed by atoms with Crippen molar-refractivity contribution in [2.45, 2.75) is 0 Å². The van der Waals surface area contributed by atoms with Crippen molar-refractivity contribution in [1.82, 2.24) is 34.5 Å². The first-order valence-electron chi connectivity index (χ1n) is 38.8. The number of para-hydroxylation sites is 4. The summed E-state index contributed by atoms with van der Waals surface area (Å²) in [5.74, 6) is 3.11. The number of hydrogen-bond donors (Lipinski definition) is 0. The average molecular weight is 1490 g/mol. The van der Waals surface area contributed by atoms with Gasteiger partial charge < -0.3 is 4.57 Å². The number of benzene rings is 16. The number of nitrogens with zero attached hydrogens (tertiary/aromatic N) is 9. The highest BCUT2D eigenvalue weighted by atomic mass is 28.3. The number of anilines is 6. The van der Waals surface area contributed by atoms with Gasteiger partial charge in [-0.1, -0.05) is 376 Å². The molecule has 2 aliphatic heterocycles. The molecular formula is C102H70BN9Si2. The highest BCUT2D eigenvalue weighted by molar-refractivity contribution is 7.20. The molecule has 0 atom stereocenters. The van der Waals surface area contributed by atoms with E-state index in [2.05, 4.69) is 427 Å². The summed E-state index contributed by atoms with van der Waals surface area (Å²) in [6.45, 7) is -0.279. The van der Waals surface area contributed by atoms with Gasteiger partial charge in [-0.25, -0.2) is 9.97 Å². The van der Waals surface area contributed by atoms with E-state index in [9.17, 15) is 0 Å². The highest BCUT2D eigenvalue weighted by Gasteiger charge is 2.47. The van der Waals surface area contributed by atoms with Crippen molar-refractivity contribution in [1.29, 1.82) is 0 Å². The zero-order valence-electron chi connectivity index (χ0n) is 62.0. The Morgan fingerprint density at radius 3 is 0.877 bits per heavy atom. The van der Waals surface area contributed by atoms with Crippen molar-refractivity contribution in [2.75, 3.05) is 9.80 Å². The monoisotopic (exact) mass is 1490 g/mol. The third-order valence-electron chi connectivity index (χ3n) is 23.0. The van der Waals surface area contributed by atoms with Crippen LogP contribution in [0.4, 0.5) is 34.6 Å². The fourth-order valence-corrected chi connectivity index (χ4v) is 27.6. The number of fused-ring (bicyclic) bond motifs is 7. The summed E-state index contributed by atoms with van der Waals surface area (Å²) in [6.07, 6.45) is 0. The van der Waals surface area contributed by atoms with Gasteiger partial charge in [0, 0.05) is 61.5 Å². The van der Waals surface area contributed by atoms with Crippen molar-refractivity contribution < 1.29 is 0 Å². The van der Waals surface area contributed by atoms with Gasteiger partial charge in [0.2, 0.25) is 11.9 Å². The van der Waals surface area contributed by atoms with Gasteiger partial charge in [-0.3, -0.25) is 9.80 Å². The third kappa shape index (κ3) is 11.3. The number of hydrogen-bond acceptors (Lipinski definition) is 8. The maximum absolute atomic E-state index is 5.85. The molecule has 534 valence electrons. The fourth-order valence-electron chi connectivity index (χ4n) is 18.0. The van der Waals surface area contributed by atoms with E-state index < -0.39 is 16.1 Å². The lowest BCUT2D eigenvalue weighted by molar-refractivity contribution is 1.02. The maximum Gasteiger partial charge on any atom is 0.252 e. The van der Waals surface area contributed by atoms with E-state index in [1.165, 1.54) is 52.3 Å². The van der Waals surface area contributed by atoms with Gasteiger partial charge >= 0.3 is 0 Å². The van der Waals surface area contributed by atoms with Crippen LogP contribution in [0.5, 0.6) is 0 Å². The first-order chi connectivity index (χ1) is 56.5. The van der Waals surface area contributed by atoms with E-state index in [0.717, 1.165) is 89.2 Å². The SMILES string of the molecule is c1ccc(-c2nc(-c3cccc([Si](c4ccccc4)(c4ccccc4)c4ccccc4)c3)nc(N3c4ccccc4B4c5ccccc5N(c5nc(-c6ccccc6)nc(-c6cccc([Si](c7ccccc7)(c7ccccc7)c7ccccc7)c6)n5)c5cc(-c6ccc(-n7c8ccccc8c8ccccc87)cc6)cc3c54)n2)cc1.